The van der Waals surface area contributed by atoms with Crippen molar-refractivity contribution in [1.82, 2.24) is 0 Å². The molecular weight excluding hydrogens is 388 g/mol. The third-order valence-electron chi connectivity index (χ3n) is 7.00. The fourth-order valence-electron chi connectivity index (χ4n) is 5.83. The predicted molar refractivity (Wildman–Crippen MR) is 107 cm³/mol. The van der Waals surface area contributed by atoms with E-state index >= 15 is 0 Å². The van der Waals surface area contributed by atoms with Crippen molar-refractivity contribution in [3.05, 3.63) is 48.6 Å². The van der Waals surface area contributed by atoms with Gasteiger partial charge in [-0.15, -0.1) is 6.58 Å². The summed E-state index contributed by atoms with van der Waals surface area (Å²) in [5.41, 5.74) is 0.632. The molecule has 1 saturated carbocycles. The molecule has 6 atom stereocenters. The van der Waals surface area contributed by atoms with Crippen LogP contribution in [0.1, 0.15) is 12.0 Å². The molecule has 3 unspecified atom stereocenters. The molecule has 1 aromatic rings. The Morgan fingerprint density at radius 1 is 1.23 bits per heavy atom. The molecular formula is C23H28O7. The molecule has 2 aliphatic heterocycles. The van der Waals surface area contributed by atoms with Gasteiger partial charge in [0.15, 0.2) is 29.9 Å². The van der Waals surface area contributed by atoms with E-state index in [1.165, 1.54) is 0 Å². The molecule has 0 radical (unpaired) electrons. The summed E-state index contributed by atoms with van der Waals surface area (Å²) in [5.74, 6) is -1.02. The lowest BCUT2D eigenvalue weighted by atomic mass is 9.73. The quantitative estimate of drug-likeness (QED) is 0.564. The van der Waals surface area contributed by atoms with Crippen molar-refractivity contribution in [1.29, 1.82) is 0 Å². The van der Waals surface area contributed by atoms with E-state index in [-0.39, 0.29) is 36.6 Å². The minimum atomic E-state index is -1.46. The lowest BCUT2D eigenvalue weighted by molar-refractivity contribution is -0.222. The maximum atomic E-state index is 11.8. The van der Waals surface area contributed by atoms with Gasteiger partial charge in [-0.05, 0) is 36.6 Å². The van der Waals surface area contributed by atoms with Crippen molar-refractivity contribution >= 4 is 0 Å². The largest absolute Gasteiger partial charge is 0.493 e. The van der Waals surface area contributed by atoms with Crippen molar-refractivity contribution in [2.45, 2.75) is 24.1 Å². The molecule has 0 bridgehead atoms. The molecule has 162 valence electrons. The maximum absolute atomic E-state index is 11.8. The van der Waals surface area contributed by atoms with Crippen LogP contribution in [0, 0.1) is 23.7 Å². The van der Waals surface area contributed by atoms with Gasteiger partial charge >= 0.3 is 0 Å². The van der Waals surface area contributed by atoms with Crippen LogP contribution < -0.4 is 9.47 Å². The van der Waals surface area contributed by atoms with E-state index in [4.69, 9.17) is 28.4 Å². The van der Waals surface area contributed by atoms with E-state index in [2.05, 4.69) is 6.58 Å². The van der Waals surface area contributed by atoms with E-state index in [1.807, 2.05) is 24.3 Å². The first kappa shape index (κ1) is 20.0. The number of rotatable bonds is 6. The fraction of sp³-hybridized carbons (Fsp3) is 0.565. The number of allylic oxidation sites excluding steroid dienone is 1. The van der Waals surface area contributed by atoms with E-state index in [9.17, 15) is 5.11 Å². The zero-order valence-electron chi connectivity index (χ0n) is 17.3. The maximum Gasteiger partial charge on any atom is 0.196 e. The molecule has 7 heteroatoms. The van der Waals surface area contributed by atoms with Crippen molar-refractivity contribution in [2.24, 2.45) is 23.7 Å². The van der Waals surface area contributed by atoms with Crippen LogP contribution in [0.15, 0.2) is 43.0 Å². The van der Waals surface area contributed by atoms with Crippen LogP contribution in [-0.2, 0) is 24.7 Å². The third kappa shape index (κ3) is 2.77. The summed E-state index contributed by atoms with van der Waals surface area (Å²) < 4.78 is 34.5. The average Bonchev–Trinajstić information content (AvgIpc) is 3.46. The lowest BCUT2D eigenvalue weighted by Crippen LogP contribution is -2.47. The van der Waals surface area contributed by atoms with Gasteiger partial charge in [-0.1, -0.05) is 12.2 Å². The molecule has 3 fully saturated rings. The standard InChI is InChI=1S/C23H28O7/c1-4-14-11-16-20-18(7-8-22(21(14)20)28-9-10-29-22)30-23(16,24)15-5-6-17(26-3)19(12-15)27-13-25-2/h4-8,12,14,16,18,20-21,24H,1,9-11,13H2,2-3H3/t14?,16?,18-,20-,21-,23?/m1/s1. The first-order chi connectivity index (χ1) is 14.6. The number of fused-ring (bicyclic) bond motifs is 1. The first-order valence-electron chi connectivity index (χ1n) is 10.4. The second-order valence-electron chi connectivity index (χ2n) is 8.32. The van der Waals surface area contributed by atoms with E-state index in [0.717, 1.165) is 6.42 Å². The Bertz CT molecular complexity index is 846. The van der Waals surface area contributed by atoms with Crippen LogP contribution in [0.2, 0.25) is 0 Å². The zero-order chi connectivity index (χ0) is 20.9. The normalized spacial score (nSPS) is 38.0. The summed E-state index contributed by atoms with van der Waals surface area (Å²) in [4.78, 5) is 0. The average molecular weight is 416 g/mol. The molecule has 0 amide bonds. The number of hydrogen-bond acceptors (Lipinski definition) is 7. The van der Waals surface area contributed by atoms with Crippen molar-refractivity contribution < 1.29 is 33.5 Å². The molecule has 2 aliphatic carbocycles. The number of benzene rings is 1. The summed E-state index contributed by atoms with van der Waals surface area (Å²) >= 11 is 0. The number of aliphatic hydroxyl groups is 1. The Labute approximate surface area is 176 Å². The Balaban J connectivity index is 1.53. The lowest BCUT2D eigenvalue weighted by Gasteiger charge is -2.41. The van der Waals surface area contributed by atoms with Gasteiger partial charge in [-0.3, -0.25) is 0 Å². The predicted octanol–water partition coefficient (Wildman–Crippen LogP) is 2.59. The molecule has 0 aromatic heterocycles. The minimum Gasteiger partial charge on any atom is -0.493 e. The smallest absolute Gasteiger partial charge is 0.196 e. The molecule has 1 spiro atoms. The monoisotopic (exact) mass is 416 g/mol. The highest BCUT2D eigenvalue weighted by Crippen LogP contribution is 2.63. The number of methoxy groups -OCH3 is 2. The molecule has 7 nitrogen and oxygen atoms in total. The van der Waals surface area contributed by atoms with Gasteiger partial charge < -0.3 is 33.5 Å². The second-order valence-corrected chi connectivity index (χ2v) is 8.32. The summed E-state index contributed by atoms with van der Waals surface area (Å²) in [5, 5.41) is 11.8. The van der Waals surface area contributed by atoms with Gasteiger partial charge in [0.05, 0.1) is 26.4 Å². The van der Waals surface area contributed by atoms with Gasteiger partial charge in [0.1, 0.15) is 0 Å². The Hall–Kier alpha value is -1.90. The zero-order valence-corrected chi connectivity index (χ0v) is 17.3. The van der Waals surface area contributed by atoms with Gasteiger partial charge in [0.2, 0.25) is 0 Å². The van der Waals surface area contributed by atoms with Gasteiger partial charge in [0, 0.05) is 30.4 Å². The number of ether oxygens (including phenoxy) is 6. The topological polar surface area (TPSA) is 75.6 Å². The van der Waals surface area contributed by atoms with Crippen molar-refractivity contribution in [3.63, 3.8) is 0 Å². The molecule has 4 aliphatic rings. The highest BCUT2D eigenvalue weighted by Gasteiger charge is 2.68. The first-order valence-corrected chi connectivity index (χ1v) is 10.4. The van der Waals surface area contributed by atoms with E-state index in [1.54, 1.807) is 26.4 Å². The van der Waals surface area contributed by atoms with Gasteiger partial charge in [-0.25, -0.2) is 0 Å². The molecule has 2 heterocycles. The van der Waals surface area contributed by atoms with Crippen LogP contribution in [0.4, 0.5) is 0 Å². The van der Waals surface area contributed by atoms with Crippen LogP contribution >= 0.6 is 0 Å². The number of hydrogen-bond donors (Lipinski definition) is 1. The molecule has 1 N–H and O–H groups in total. The van der Waals surface area contributed by atoms with E-state index in [0.29, 0.717) is 30.3 Å². The Morgan fingerprint density at radius 2 is 2.03 bits per heavy atom. The molecule has 2 saturated heterocycles. The fourth-order valence-corrected chi connectivity index (χ4v) is 5.83. The summed E-state index contributed by atoms with van der Waals surface area (Å²) in [6.07, 6.45) is 6.43. The van der Waals surface area contributed by atoms with Gasteiger partial charge in [-0.2, -0.15) is 0 Å². The van der Waals surface area contributed by atoms with Crippen LogP contribution in [0.25, 0.3) is 0 Å². The van der Waals surface area contributed by atoms with Gasteiger partial charge in [0.25, 0.3) is 0 Å². The summed E-state index contributed by atoms with van der Waals surface area (Å²) in [7, 11) is 3.13. The summed E-state index contributed by atoms with van der Waals surface area (Å²) in [6, 6.07) is 5.38. The Morgan fingerprint density at radius 3 is 2.73 bits per heavy atom. The highest BCUT2D eigenvalue weighted by molar-refractivity contribution is 5.45. The molecule has 5 rings (SSSR count). The minimum absolute atomic E-state index is 0.0500. The second kappa shape index (κ2) is 7.35. The molecule has 30 heavy (non-hydrogen) atoms. The van der Waals surface area contributed by atoms with E-state index < -0.39 is 11.6 Å². The van der Waals surface area contributed by atoms with Crippen molar-refractivity contribution in [2.75, 3.05) is 34.2 Å². The highest BCUT2D eigenvalue weighted by atomic mass is 16.7. The van der Waals surface area contributed by atoms with Crippen LogP contribution in [-0.4, -0.2) is 51.2 Å². The van der Waals surface area contributed by atoms with Crippen molar-refractivity contribution in [3.8, 4) is 11.5 Å². The van der Waals surface area contributed by atoms with Crippen LogP contribution in [0.5, 0.6) is 11.5 Å². The van der Waals surface area contributed by atoms with Crippen LogP contribution in [0.3, 0.4) is 0 Å². The molecule has 1 aromatic carbocycles. The third-order valence-corrected chi connectivity index (χ3v) is 7.00. The summed E-state index contributed by atoms with van der Waals surface area (Å²) in [6.45, 7) is 5.26. The Kier molecular flexibility index (Phi) is 4.91. The SMILES string of the molecule is C=CC1CC2[C@H]3[C@@H]1C1(C=C[C@H]3OC2(O)c2ccc(OC)c(OCOC)c2)OCCO1.